The van der Waals surface area contributed by atoms with Crippen molar-refractivity contribution in [3.05, 3.63) is 65.4 Å². The van der Waals surface area contributed by atoms with Crippen LogP contribution in [0.3, 0.4) is 0 Å². The maximum Gasteiger partial charge on any atom is 0.251 e. The van der Waals surface area contributed by atoms with E-state index in [1.165, 1.54) is 0 Å². The molecule has 1 aliphatic heterocycles. The third-order valence-corrected chi connectivity index (χ3v) is 5.24. The Morgan fingerprint density at radius 1 is 1.29 bits per heavy atom. The maximum absolute atomic E-state index is 12.8. The number of nitrogens with one attached hydrogen (secondary N) is 1. The molecule has 1 aliphatic rings. The molecule has 0 saturated heterocycles. The number of rotatable bonds is 4. The van der Waals surface area contributed by atoms with Crippen LogP contribution in [0, 0.1) is 24.2 Å². The van der Waals surface area contributed by atoms with E-state index in [1.807, 2.05) is 50.3 Å². The van der Waals surface area contributed by atoms with Crippen LogP contribution in [0.2, 0.25) is 0 Å². The van der Waals surface area contributed by atoms with Crippen molar-refractivity contribution in [2.45, 2.75) is 33.1 Å². The Kier molecular flexibility index (Phi) is 5.51. The molecular formula is C23H26N4O. The Balaban J connectivity index is 1.70. The molecule has 0 fully saturated rings. The van der Waals surface area contributed by atoms with Gasteiger partial charge in [-0.2, -0.15) is 5.26 Å². The van der Waals surface area contributed by atoms with Gasteiger partial charge in [-0.25, -0.2) is 4.98 Å². The summed E-state index contributed by atoms with van der Waals surface area (Å²) in [5.41, 5.74) is 3.05. The van der Waals surface area contributed by atoms with Gasteiger partial charge in [-0.15, -0.1) is 0 Å². The fourth-order valence-corrected chi connectivity index (χ4v) is 3.45. The van der Waals surface area contributed by atoms with E-state index in [2.05, 4.69) is 41.2 Å². The van der Waals surface area contributed by atoms with E-state index in [1.54, 1.807) is 6.20 Å². The monoisotopic (exact) mass is 374 g/mol. The standard InChI is InChI=1S/C23H26N4O/c1-16-6-5-12-25-21(16)27-13-11-20(17(2)14-27)22(28)26-19-9-7-18(8-10-19)23(3,4)15-24/h5-12,17H,13-14H2,1-4H3,(H,26,28). The summed E-state index contributed by atoms with van der Waals surface area (Å²) in [7, 11) is 0. The second kappa shape index (κ2) is 7.85. The molecule has 0 bridgehead atoms. The van der Waals surface area contributed by atoms with Gasteiger partial charge >= 0.3 is 0 Å². The molecule has 0 radical (unpaired) electrons. The summed E-state index contributed by atoms with van der Waals surface area (Å²) in [6.45, 7) is 9.30. The third-order valence-electron chi connectivity index (χ3n) is 5.24. The van der Waals surface area contributed by atoms with E-state index in [0.717, 1.165) is 34.8 Å². The summed E-state index contributed by atoms with van der Waals surface area (Å²) >= 11 is 0. The Morgan fingerprint density at radius 3 is 2.61 bits per heavy atom. The molecule has 1 amide bonds. The topological polar surface area (TPSA) is 69.0 Å². The third kappa shape index (κ3) is 4.07. The minimum Gasteiger partial charge on any atom is -0.352 e. The summed E-state index contributed by atoms with van der Waals surface area (Å²) in [6, 6.07) is 13.8. The molecule has 0 saturated carbocycles. The van der Waals surface area contributed by atoms with Crippen molar-refractivity contribution in [1.82, 2.24) is 4.98 Å². The van der Waals surface area contributed by atoms with Crippen LogP contribution in [0.25, 0.3) is 0 Å². The number of anilines is 2. The van der Waals surface area contributed by atoms with Crippen molar-refractivity contribution in [2.75, 3.05) is 23.3 Å². The lowest BCUT2D eigenvalue weighted by molar-refractivity contribution is -0.113. The molecule has 1 atom stereocenters. The van der Waals surface area contributed by atoms with Gasteiger partial charge < -0.3 is 10.2 Å². The molecule has 5 heteroatoms. The van der Waals surface area contributed by atoms with Gasteiger partial charge in [-0.1, -0.05) is 31.2 Å². The lowest BCUT2D eigenvalue weighted by Gasteiger charge is -2.32. The maximum atomic E-state index is 12.8. The Morgan fingerprint density at radius 2 is 2.00 bits per heavy atom. The highest BCUT2D eigenvalue weighted by molar-refractivity contribution is 6.04. The molecule has 0 spiro atoms. The van der Waals surface area contributed by atoms with E-state index < -0.39 is 5.41 Å². The lowest BCUT2D eigenvalue weighted by Crippen LogP contribution is -2.37. The molecule has 2 heterocycles. The summed E-state index contributed by atoms with van der Waals surface area (Å²) < 4.78 is 0. The van der Waals surface area contributed by atoms with Gasteiger partial charge in [0.05, 0.1) is 11.5 Å². The molecule has 28 heavy (non-hydrogen) atoms. The smallest absolute Gasteiger partial charge is 0.251 e. The van der Waals surface area contributed by atoms with Crippen LogP contribution in [0.1, 0.15) is 31.9 Å². The molecule has 144 valence electrons. The van der Waals surface area contributed by atoms with E-state index in [9.17, 15) is 10.1 Å². The quantitative estimate of drug-likeness (QED) is 0.870. The van der Waals surface area contributed by atoms with Crippen LogP contribution in [-0.2, 0) is 10.2 Å². The average molecular weight is 374 g/mol. The van der Waals surface area contributed by atoms with Gasteiger partial charge in [0.25, 0.3) is 5.91 Å². The minimum absolute atomic E-state index is 0.0720. The summed E-state index contributed by atoms with van der Waals surface area (Å²) in [6.07, 6.45) is 3.79. The van der Waals surface area contributed by atoms with Gasteiger partial charge in [-0.3, -0.25) is 4.79 Å². The molecule has 1 aromatic carbocycles. The Hall–Kier alpha value is -3.13. The molecular weight excluding hydrogens is 348 g/mol. The molecule has 1 unspecified atom stereocenters. The summed E-state index contributed by atoms with van der Waals surface area (Å²) in [5, 5.41) is 12.2. The first-order chi connectivity index (χ1) is 13.3. The van der Waals surface area contributed by atoms with E-state index >= 15 is 0 Å². The highest BCUT2D eigenvalue weighted by Gasteiger charge is 2.25. The Bertz CT molecular complexity index is 938. The zero-order valence-corrected chi connectivity index (χ0v) is 16.9. The van der Waals surface area contributed by atoms with Crippen LogP contribution in [0.15, 0.2) is 54.2 Å². The van der Waals surface area contributed by atoms with E-state index in [0.29, 0.717) is 6.54 Å². The zero-order chi connectivity index (χ0) is 20.3. The molecule has 0 aliphatic carbocycles. The number of hydrogen-bond donors (Lipinski definition) is 1. The van der Waals surface area contributed by atoms with Crippen molar-refractivity contribution in [2.24, 2.45) is 5.92 Å². The number of nitrogens with zero attached hydrogens (tertiary/aromatic N) is 3. The SMILES string of the molecule is Cc1cccnc1N1CC=C(C(=O)Nc2ccc(C(C)(C)C#N)cc2)C(C)C1. The number of hydrogen-bond acceptors (Lipinski definition) is 4. The zero-order valence-electron chi connectivity index (χ0n) is 16.9. The highest BCUT2D eigenvalue weighted by atomic mass is 16.1. The Labute approximate surface area is 166 Å². The largest absolute Gasteiger partial charge is 0.352 e. The number of aryl methyl sites for hydroxylation is 1. The number of pyridine rings is 1. The normalized spacial score (nSPS) is 16.9. The van der Waals surface area contributed by atoms with Gasteiger partial charge in [0.2, 0.25) is 0 Å². The lowest BCUT2D eigenvalue weighted by atomic mass is 9.86. The number of carbonyl (C=O) groups excluding carboxylic acids is 1. The van der Waals surface area contributed by atoms with E-state index in [-0.39, 0.29) is 11.8 Å². The van der Waals surface area contributed by atoms with Crippen LogP contribution in [0.4, 0.5) is 11.5 Å². The first-order valence-electron chi connectivity index (χ1n) is 9.51. The van der Waals surface area contributed by atoms with Crippen LogP contribution in [-0.4, -0.2) is 24.0 Å². The molecule has 1 N–H and O–H groups in total. The van der Waals surface area contributed by atoms with Crippen LogP contribution >= 0.6 is 0 Å². The first-order valence-corrected chi connectivity index (χ1v) is 9.51. The number of carbonyl (C=O) groups is 1. The van der Waals surface area contributed by atoms with Crippen LogP contribution in [0.5, 0.6) is 0 Å². The molecule has 3 rings (SSSR count). The van der Waals surface area contributed by atoms with Crippen molar-refractivity contribution < 1.29 is 4.79 Å². The van der Waals surface area contributed by atoms with Gasteiger partial charge in [-0.05, 0) is 50.1 Å². The molecule has 1 aromatic heterocycles. The van der Waals surface area contributed by atoms with Crippen LogP contribution < -0.4 is 10.2 Å². The molecule has 2 aromatic rings. The van der Waals surface area contributed by atoms with Gasteiger partial charge in [0.15, 0.2) is 0 Å². The van der Waals surface area contributed by atoms with Crippen molar-refractivity contribution in [1.29, 1.82) is 5.26 Å². The average Bonchev–Trinajstić information content (AvgIpc) is 2.68. The van der Waals surface area contributed by atoms with Crippen molar-refractivity contribution >= 4 is 17.4 Å². The van der Waals surface area contributed by atoms with Gasteiger partial charge in [0.1, 0.15) is 5.82 Å². The number of nitriles is 1. The number of amides is 1. The van der Waals surface area contributed by atoms with Gasteiger partial charge in [0, 0.05) is 36.5 Å². The fraction of sp³-hybridized carbons (Fsp3) is 0.348. The first kappa shape index (κ1) is 19.6. The highest BCUT2D eigenvalue weighted by Crippen LogP contribution is 2.26. The number of benzene rings is 1. The predicted molar refractivity (Wildman–Crippen MR) is 112 cm³/mol. The van der Waals surface area contributed by atoms with Crippen molar-refractivity contribution in [3.8, 4) is 6.07 Å². The summed E-state index contributed by atoms with van der Waals surface area (Å²) in [4.78, 5) is 19.4. The predicted octanol–water partition coefficient (Wildman–Crippen LogP) is 4.21. The minimum atomic E-state index is -0.546. The summed E-state index contributed by atoms with van der Waals surface area (Å²) in [5.74, 6) is 1.00. The van der Waals surface area contributed by atoms with E-state index in [4.69, 9.17) is 0 Å². The second-order valence-electron chi connectivity index (χ2n) is 7.88. The fourth-order valence-electron chi connectivity index (χ4n) is 3.45. The van der Waals surface area contributed by atoms with Crippen molar-refractivity contribution in [3.63, 3.8) is 0 Å². The molecule has 5 nitrogen and oxygen atoms in total. The second-order valence-corrected chi connectivity index (χ2v) is 7.88. The number of aromatic nitrogens is 1.